The number of halogens is 1. The van der Waals surface area contributed by atoms with Crippen LogP contribution in [0.3, 0.4) is 0 Å². The molecule has 1 fully saturated rings. The third kappa shape index (κ3) is 3.45. The molecule has 1 aromatic heterocycles. The summed E-state index contributed by atoms with van der Waals surface area (Å²) in [7, 11) is 2.17. The third-order valence-corrected chi connectivity index (χ3v) is 4.75. The zero-order chi connectivity index (χ0) is 12.3. The van der Waals surface area contributed by atoms with Gasteiger partial charge in [0, 0.05) is 23.4 Å². The molecule has 1 aromatic rings. The van der Waals surface area contributed by atoms with Gasteiger partial charge in [0.2, 0.25) is 0 Å². The lowest BCUT2D eigenvalue weighted by molar-refractivity contribution is 0.173. The summed E-state index contributed by atoms with van der Waals surface area (Å²) in [4.78, 5) is 3.72. The average molecular weight is 269 g/mol. The van der Waals surface area contributed by atoms with Gasteiger partial charge in [-0.05, 0) is 44.9 Å². The van der Waals surface area contributed by atoms with E-state index in [2.05, 4.69) is 24.1 Å². The average Bonchev–Trinajstić information content (AvgIpc) is 2.75. The molecule has 2 nitrogen and oxygen atoms in total. The van der Waals surface area contributed by atoms with E-state index in [0.29, 0.717) is 6.04 Å². The van der Waals surface area contributed by atoms with Gasteiger partial charge < -0.3 is 0 Å². The minimum atomic E-state index is 0.288. The van der Waals surface area contributed by atoms with Crippen molar-refractivity contribution >= 4 is 22.9 Å². The number of rotatable bonds is 3. The summed E-state index contributed by atoms with van der Waals surface area (Å²) in [6, 6.07) is 7.07. The fourth-order valence-electron chi connectivity index (χ4n) is 2.46. The maximum Gasteiger partial charge on any atom is 0.0931 e. The van der Waals surface area contributed by atoms with Crippen molar-refractivity contribution in [2.45, 2.75) is 38.3 Å². The summed E-state index contributed by atoms with van der Waals surface area (Å²) in [6.07, 6.45) is 4.40. The van der Waals surface area contributed by atoms with Gasteiger partial charge in [-0.1, -0.05) is 11.6 Å². The van der Waals surface area contributed by atoms with Crippen LogP contribution < -0.4 is 0 Å². The zero-order valence-corrected chi connectivity index (χ0v) is 11.6. The molecule has 1 saturated carbocycles. The number of hydrogen-bond donors (Lipinski definition) is 0. The summed E-state index contributed by atoms with van der Waals surface area (Å²) < 4.78 is 0.863. The number of thiophene rings is 1. The molecule has 2 rings (SSSR count). The Labute approximate surface area is 112 Å². The van der Waals surface area contributed by atoms with Crippen molar-refractivity contribution in [2.24, 2.45) is 5.92 Å². The van der Waals surface area contributed by atoms with E-state index < -0.39 is 0 Å². The van der Waals surface area contributed by atoms with Crippen LogP contribution in [0.15, 0.2) is 12.1 Å². The van der Waals surface area contributed by atoms with E-state index in [0.717, 1.165) is 36.6 Å². The second-order valence-electron chi connectivity index (χ2n) is 4.76. The first kappa shape index (κ1) is 12.9. The molecule has 0 N–H and O–H groups in total. The highest BCUT2D eigenvalue weighted by molar-refractivity contribution is 7.16. The molecule has 0 bridgehead atoms. The number of nitriles is 1. The van der Waals surface area contributed by atoms with Gasteiger partial charge >= 0.3 is 0 Å². The molecule has 0 atom stereocenters. The van der Waals surface area contributed by atoms with Crippen LogP contribution in [0.2, 0.25) is 4.34 Å². The van der Waals surface area contributed by atoms with Gasteiger partial charge in [-0.25, -0.2) is 0 Å². The molecule has 0 amide bonds. The van der Waals surface area contributed by atoms with Gasteiger partial charge in [0.25, 0.3) is 0 Å². The third-order valence-electron chi connectivity index (χ3n) is 3.54. The fraction of sp³-hybridized carbons (Fsp3) is 0.615. The fourth-order valence-corrected chi connectivity index (χ4v) is 3.61. The molecule has 17 heavy (non-hydrogen) atoms. The summed E-state index contributed by atoms with van der Waals surface area (Å²) >= 11 is 7.59. The quantitative estimate of drug-likeness (QED) is 0.831. The Bertz CT molecular complexity index is 402. The molecule has 0 saturated heterocycles. The zero-order valence-electron chi connectivity index (χ0n) is 10.0. The highest BCUT2D eigenvalue weighted by Gasteiger charge is 2.23. The number of hydrogen-bond acceptors (Lipinski definition) is 3. The summed E-state index contributed by atoms with van der Waals surface area (Å²) in [5, 5.41) is 8.88. The molecule has 1 aliphatic carbocycles. The van der Waals surface area contributed by atoms with Gasteiger partial charge in [-0.15, -0.1) is 11.3 Å². The molecule has 1 heterocycles. The first-order chi connectivity index (χ1) is 8.19. The first-order valence-corrected chi connectivity index (χ1v) is 7.22. The van der Waals surface area contributed by atoms with Gasteiger partial charge in [-0.2, -0.15) is 5.26 Å². The van der Waals surface area contributed by atoms with Crippen LogP contribution in [-0.2, 0) is 6.54 Å². The Morgan fingerprint density at radius 1 is 1.41 bits per heavy atom. The largest absolute Gasteiger partial charge is 0.298 e. The summed E-state index contributed by atoms with van der Waals surface area (Å²) in [6.45, 7) is 0.972. The maximum atomic E-state index is 8.88. The van der Waals surface area contributed by atoms with Gasteiger partial charge in [0.15, 0.2) is 0 Å². The van der Waals surface area contributed by atoms with Crippen LogP contribution in [0, 0.1) is 17.2 Å². The predicted octanol–water partition coefficient (Wildman–Crippen LogP) is 3.92. The van der Waals surface area contributed by atoms with E-state index in [-0.39, 0.29) is 5.92 Å². The Balaban J connectivity index is 1.85. The highest BCUT2D eigenvalue weighted by atomic mass is 35.5. The summed E-state index contributed by atoms with van der Waals surface area (Å²) in [5.41, 5.74) is 0. The topological polar surface area (TPSA) is 27.0 Å². The monoisotopic (exact) mass is 268 g/mol. The molecule has 0 aromatic carbocycles. The first-order valence-electron chi connectivity index (χ1n) is 6.03. The molecule has 0 aliphatic heterocycles. The van der Waals surface area contributed by atoms with Crippen molar-refractivity contribution in [2.75, 3.05) is 7.05 Å². The van der Waals surface area contributed by atoms with E-state index in [9.17, 15) is 0 Å². The smallest absolute Gasteiger partial charge is 0.0931 e. The molecule has 4 heteroatoms. The van der Waals surface area contributed by atoms with E-state index in [4.69, 9.17) is 16.9 Å². The van der Waals surface area contributed by atoms with E-state index in [1.165, 1.54) is 4.88 Å². The van der Waals surface area contributed by atoms with Crippen molar-refractivity contribution in [3.63, 3.8) is 0 Å². The molecule has 1 aliphatic rings. The lowest BCUT2D eigenvalue weighted by Crippen LogP contribution is -2.34. The molecule has 0 radical (unpaired) electrons. The second-order valence-corrected chi connectivity index (χ2v) is 6.56. The minimum absolute atomic E-state index is 0.288. The van der Waals surface area contributed by atoms with Crippen LogP contribution in [0.1, 0.15) is 30.6 Å². The normalized spacial score (nSPS) is 24.8. The Hall–Kier alpha value is -0.560. The van der Waals surface area contributed by atoms with Crippen LogP contribution in [-0.4, -0.2) is 18.0 Å². The Kier molecular flexibility index (Phi) is 4.44. The standard InChI is InChI=1S/C13H17ClN2S/c1-16(9-12-6-7-13(14)17-12)11-4-2-10(8-15)3-5-11/h6-7,10-11H,2-5,9H2,1H3. The van der Waals surface area contributed by atoms with Gasteiger partial charge in [-0.3, -0.25) is 4.90 Å². The Morgan fingerprint density at radius 3 is 2.65 bits per heavy atom. The number of nitrogens with zero attached hydrogens (tertiary/aromatic N) is 2. The molecular weight excluding hydrogens is 252 g/mol. The van der Waals surface area contributed by atoms with Gasteiger partial charge in [0.05, 0.1) is 10.4 Å². The molecular formula is C13H17ClN2S. The minimum Gasteiger partial charge on any atom is -0.298 e. The van der Waals surface area contributed by atoms with Crippen molar-refractivity contribution in [1.29, 1.82) is 5.26 Å². The summed E-state index contributed by atoms with van der Waals surface area (Å²) in [5.74, 6) is 0.288. The van der Waals surface area contributed by atoms with Crippen molar-refractivity contribution < 1.29 is 0 Å². The lowest BCUT2D eigenvalue weighted by atomic mass is 9.86. The molecule has 0 spiro atoms. The maximum absolute atomic E-state index is 8.88. The lowest BCUT2D eigenvalue weighted by Gasteiger charge is -2.32. The highest BCUT2D eigenvalue weighted by Crippen LogP contribution is 2.29. The van der Waals surface area contributed by atoms with Crippen LogP contribution >= 0.6 is 22.9 Å². The van der Waals surface area contributed by atoms with E-state index >= 15 is 0 Å². The van der Waals surface area contributed by atoms with Gasteiger partial charge in [0.1, 0.15) is 0 Å². The van der Waals surface area contributed by atoms with Crippen LogP contribution in [0.25, 0.3) is 0 Å². The SMILES string of the molecule is CN(Cc1ccc(Cl)s1)C1CCC(C#N)CC1. The van der Waals surface area contributed by atoms with Crippen LogP contribution in [0.5, 0.6) is 0 Å². The second kappa shape index (κ2) is 5.86. The van der Waals surface area contributed by atoms with E-state index in [1.54, 1.807) is 11.3 Å². The predicted molar refractivity (Wildman–Crippen MR) is 72.2 cm³/mol. The van der Waals surface area contributed by atoms with Crippen molar-refractivity contribution in [3.05, 3.63) is 21.3 Å². The van der Waals surface area contributed by atoms with Crippen molar-refractivity contribution in [3.8, 4) is 6.07 Å². The van der Waals surface area contributed by atoms with Crippen LogP contribution in [0.4, 0.5) is 0 Å². The molecule has 0 unspecified atom stereocenters. The van der Waals surface area contributed by atoms with E-state index in [1.807, 2.05) is 6.07 Å². The Morgan fingerprint density at radius 2 is 2.12 bits per heavy atom. The molecule has 92 valence electrons. The van der Waals surface area contributed by atoms with Crippen molar-refractivity contribution in [1.82, 2.24) is 4.90 Å².